The topological polar surface area (TPSA) is 69.6 Å². The first-order valence-corrected chi connectivity index (χ1v) is 5.83. The molecular weight excluding hydrogens is 270 g/mol. The van der Waals surface area contributed by atoms with Gasteiger partial charge in [0.15, 0.2) is 5.82 Å². The number of aromatic nitrogens is 4. The van der Waals surface area contributed by atoms with Gasteiger partial charge in [-0.05, 0) is 35.0 Å². The molecule has 0 bridgehead atoms. The maximum Gasteiger partial charge on any atom is 0.183 e. The number of tetrazole rings is 1. The average molecular weight is 282 g/mol. The van der Waals surface area contributed by atoms with Crippen LogP contribution in [0.2, 0.25) is 0 Å². The van der Waals surface area contributed by atoms with Gasteiger partial charge in [0.1, 0.15) is 0 Å². The number of nitrogens with zero attached hydrogens (tertiary/aromatic N) is 4. The van der Waals surface area contributed by atoms with E-state index in [-0.39, 0.29) is 0 Å². The number of hydrogen-bond acceptors (Lipinski definition) is 4. The Hall–Kier alpha value is -1.43. The molecule has 1 aromatic heterocycles. The molecule has 0 amide bonds. The van der Waals surface area contributed by atoms with E-state index in [9.17, 15) is 0 Å². The zero-order chi connectivity index (χ0) is 11.5. The monoisotopic (exact) mass is 281 g/mol. The Bertz CT molecular complexity index is 494. The fourth-order valence-electron chi connectivity index (χ4n) is 1.47. The third-order valence-electron chi connectivity index (χ3n) is 2.20. The SMILES string of the molecule is CCCn1nnnc1-c1cc(N)ccc1Br. The fourth-order valence-corrected chi connectivity index (χ4v) is 1.90. The predicted octanol–water partition coefficient (Wildman–Crippen LogP) is 2.09. The molecule has 0 unspecified atom stereocenters. The molecule has 0 radical (unpaired) electrons. The van der Waals surface area contributed by atoms with Crippen molar-refractivity contribution in [1.82, 2.24) is 20.2 Å². The van der Waals surface area contributed by atoms with E-state index in [1.54, 1.807) is 4.68 Å². The Kier molecular flexibility index (Phi) is 3.19. The van der Waals surface area contributed by atoms with E-state index in [2.05, 4.69) is 38.4 Å². The lowest BCUT2D eigenvalue weighted by Gasteiger charge is -2.05. The molecule has 1 heterocycles. The molecule has 84 valence electrons. The van der Waals surface area contributed by atoms with Crippen molar-refractivity contribution in [3.8, 4) is 11.4 Å². The summed E-state index contributed by atoms with van der Waals surface area (Å²) in [6, 6.07) is 5.60. The summed E-state index contributed by atoms with van der Waals surface area (Å²) in [4.78, 5) is 0. The number of anilines is 1. The highest BCUT2D eigenvalue weighted by molar-refractivity contribution is 9.10. The largest absolute Gasteiger partial charge is 0.399 e. The van der Waals surface area contributed by atoms with Crippen molar-refractivity contribution in [2.75, 3.05) is 5.73 Å². The first kappa shape index (κ1) is 11.1. The van der Waals surface area contributed by atoms with Crippen molar-refractivity contribution in [3.63, 3.8) is 0 Å². The lowest BCUT2D eigenvalue weighted by Crippen LogP contribution is -2.02. The highest BCUT2D eigenvalue weighted by Gasteiger charge is 2.11. The van der Waals surface area contributed by atoms with Crippen LogP contribution in [0.5, 0.6) is 0 Å². The summed E-state index contributed by atoms with van der Waals surface area (Å²) in [5.41, 5.74) is 7.37. The number of halogens is 1. The molecule has 0 saturated heterocycles. The van der Waals surface area contributed by atoms with E-state index in [4.69, 9.17) is 5.73 Å². The fraction of sp³-hybridized carbons (Fsp3) is 0.300. The van der Waals surface area contributed by atoms with E-state index < -0.39 is 0 Å². The van der Waals surface area contributed by atoms with Crippen molar-refractivity contribution < 1.29 is 0 Å². The van der Waals surface area contributed by atoms with Gasteiger partial charge in [-0.2, -0.15) is 0 Å². The number of rotatable bonds is 3. The zero-order valence-electron chi connectivity index (χ0n) is 8.89. The first-order chi connectivity index (χ1) is 7.72. The third kappa shape index (κ3) is 2.06. The van der Waals surface area contributed by atoms with Crippen LogP contribution < -0.4 is 5.73 Å². The number of nitrogen functional groups attached to an aromatic ring is 1. The predicted molar refractivity (Wildman–Crippen MR) is 65.7 cm³/mol. The zero-order valence-corrected chi connectivity index (χ0v) is 10.5. The van der Waals surface area contributed by atoms with E-state index in [0.29, 0.717) is 5.69 Å². The van der Waals surface area contributed by atoms with Crippen molar-refractivity contribution in [2.24, 2.45) is 0 Å². The minimum atomic E-state index is 0.698. The van der Waals surface area contributed by atoms with Crippen LogP contribution in [0.25, 0.3) is 11.4 Å². The van der Waals surface area contributed by atoms with Crippen LogP contribution >= 0.6 is 15.9 Å². The summed E-state index contributed by atoms with van der Waals surface area (Å²) in [5, 5.41) is 11.7. The molecule has 5 nitrogen and oxygen atoms in total. The maximum absolute atomic E-state index is 5.76. The summed E-state index contributed by atoms with van der Waals surface area (Å²) >= 11 is 3.47. The number of nitrogens with two attached hydrogens (primary N) is 1. The van der Waals surface area contributed by atoms with Gasteiger partial charge < -0.3 is 5.73 Å². The molecule has 2 N–H and O–H groups in total. The second-order valence-electron chi connectivity index (χ2n) is 3.46. The molecule has 6 heteroatoms. The second-order valence-corrected chi connectivity index (χ2v) is 4.32. The molecule has 0 fully saturated rings. The summed E-state index contributed by atoms with van der Waals surface area (Å²) in [7, 11) is 0. The Labute approximate surface area is 102 Å². The molecular formula is C10H12BrN5. The maximum atomic E-state index is 5.76. The van der Waals surface area contributed by atoms with Gasteiger partial charge in [0.25, 0.3) is 0 Å². The van der Waals surface area contributed by atoms with E-state index in [1.165, 1.54) is 0 Å². The second kappa shape index (κ2) is 4.61. The van der Waals surface area contributed by atoms with Crippen molar-refractivity contribution >= 4 is 21.6 Å². The number of benzene rings is 1. The Morgan fingerprint density at radius 2 is 2.25 bits per heavy atom. The van der Waals surface area contributed by atoms with Gasteiger partial charge in [-0.15, -0.1) is 5.10 Å². The van der Waals surface area contributed by atoms with Gasteiger partial charge in [-0.1, -0.05) is 22.9 Å². The van der Waals surface area contributed by atoms with Crippen LogP contribution in [0.1, 0.15) is 13.3 Å². The molecule has 0 aliphatic carbocycles. The summed E-state index contributed by atoms with van der Waals surface area (Å²) in [5.74, 6) is 0.737. The van der Waals surface area contributed by atoms with Crippen LogP contribution in [0.15, 0.2) is 22.7 Å². The normalized spacial score (nSPS) is 10.6. The quantitative estimate of drug-likeness (QED) is 0.875. The van der Waals surface area contributed by atoms with Gasteiger partial charge in [-0.3, -0.25) is 0 Å². The molecule has 0 aliphatic heterocycles. The number of aryl methyl sites for hydroxylation is 1. The lowest BCUT2D eigenvalue weighted by molar-refractivity contribution is 0.583. The summed E-state index contributed by atoms with van der Waals surface area (Å²) < 4.78 is 2.72. The van der Waals surface area contributed by atoms with Gasteiger partial charge in [-0.25, -0.2) is 4.68 Å². The molecule has 0 saturated carbocycles. The van der Waals surface area contributed by atoms with Crippen LogP contribution in [0.4, 0.5) is 5.69 Å². The van der Waals surface area contributed by atoms with Gasteiger partial charge in [0.2, 0.25) is 0 Å². The minimum Gasteiger partial charge on any atom is -0.399 e. The van der Waals surface area contributed by atoms with E-state index >= 15 is 0 Å². The Morgan fingerprint density at radius 3 is 3.00 bits per heavy atom. The Morgan fingerprint density at radius 1 is 1.44 bits per heavy atom. The highest BCUT2D eigenvalue weighted by Crippen LogP contribution is 2.28. The summed E-state index contributed by atoms with van der Waals surface area (Å²) in [6.45, 7) is 2.88. The van der Waals surface area contributed by atoms with E-state index in [0.717, 1.165) is 28.8 Å². The van der Waals surface area contributed by atoms with Crippen LogP contribution in [0.3, 0.4) is 0 Å². The standard InChI is InChI=1S/C10H12BrN5/c1-2-5-16-10(13-14-15-16)8-6-7(12)3-4-9(8)11/h3-4,6H,2,5,12H2,1H3. The van der Waals surface area contributed by atoms with Crippen LogP contribution in [0, 0.1) is 0 Å². The molecule has 1 aromatic carbocycles. The van der Waals surface area contributed by atoms with Crippen LogP contribution in [-0.4, -0.2) is 20.2 Å². The molecule has 0 atom stereocenters. The molecule has 0 aliphatic rings. The molecule has 2 aromatic rings. The van der Waals surface area contributed by atoms with Crippen molar-refractivity contribution in [2.45, 2.75) is 19.9 Å². The smallest absolute Gasteiger partial charge is 0.183 e. The van der Waals surface area contributed by atoms with Crippen molar-refractivity contribution in [3.05, 3.63) is 22.7 Å². The minimum absolute atomic E-state index is 0.698. The third-order valence-corrected chi connectivity index (χ3v) is 2.89. The van der Waals surface area contributed by atoms with E-state index in [1.807, 2.05) is 18.2 Å². The molecule has 16 heavy (non-hydrogen) atoms. The lowest BCUT2D eigenvalue weighted by atomic mass is 10.2. The molecule has 0 spiro atoms. The first-order valence-electron chi connectivity index (χ1n) is 5.04. The highest BCUT2D eigenvalue weighted by atomic mass is 79.9. The van der Waals surface area contributed by atoms with Crippen LogP contribution in [-0.2, 0) is 6.54 Å². The van der Waals surface area contributed by atoms with Gasteiger partial charge in [0, 0.05) is 22.3 Å². The summed E-state index contributed by atoms with van der Waals surface area (Å²) in [6.07, 6.45) is 0.984. The molecule has 2 rings (SSSR count). The van der Waals surface area contributed by atoms with Gasteiger partial charge >= 0.3 is 0 Å². The Balaban J connectivity index is 2.49. The average Bonchev–Trinajstić information content (AvgIpc) is 2.70. The number of hydrogen-bond donors (Lipinski definition) is 1. The van der Waals surface area contributed by atoms with Crippen molar-refractivity contribution in [1.29, 1.82) is 0 Å². The van der Waals surface area contributed by atoms with Gasteiger partial charge in [0.05, 0.1) is 0 Å².